The fourth-order valence-electron chi connectivity index (χ4n) is 8.30. The second kappa shape index (κ2) is 45.1. The normalized spacial score (nSPS) is 13.1. The molecule has 0 radical (unpaired) electrons. The molecule has 13 nitrogen and oxygen atoms in total. The Labute approximate surface area is 431 Å². The number of hydrogen-bond donors (Lipinski definition) is 0. The Morgan fingerprint density at radius 3 is 1.04 bits per heavy atom. The third-order valence-corrected chi connectivity index (χ3v) is 13.7. The van der Waals surface area contributed by atoms with Crippen LogP contribution in [0.25, 0.3) is 0 Å². The number of rotatable bonds is 49. The molecule has 0 aliphatic heterocycles. The average molecular weight is 1010 g/mol. The summed E-state index contributed by atoms with van der Waals surface area (Å²) in [4.78, 5) is 90.5. The van der Waals surface area contributed by atoms with E-state index in [9.17, 15) is 33.6 Å². The molecule has 71 heavy (non-hydrogen) atoms. The summed E-state index contributed by atoms with van der Waals surface area (Å²) < 4.78 is 33.6. The predicted octanol–water partition coefficient (Wildman–Crippen LogP) is 13.9. The van der Waals surface area contributed by atoms with Crippen molar-refractivity contribution in [1.82, 2.24) is 0 Å². The molecule has 0 saturated carbocycles. The zero-order valence-electron chi connectivity index (χ0n) is 46.5. The number of hydrogen-bond acceptors (Lipinski definition) is 13. The molecular formula is C58H104O13. The minimum atomic E-state index is -0.841. The summed E-state index contributed by atoms with van der Waals surface area (Å²) in [5, 5.41) is 0. The number of Topliss-reactive ketones (excluding diaryl/α,β-unsaturated/α-hetero) is 1. The van der Waals surface area contributed by atoms with Gasteiger partial charge in [0.1, 0.15) is 5.78 Å². The SMILES string of the molecule is CCCCCCCCOC(=O)CC(COC(=O)CCCCCCCC)CC(=O)OCC(C)CCC(COC(=O)CC(COC(=O)CCCCCCCC)CC(=O)OCCCCCCCC)C(C)(C)C(C)=O. The Balaban J connectivity index is 5.48. The lowest BCUT2D eigenvalue weighted by molar-refractivity contribution is -0.155. The highest BCUT2D eigenvalue weighted by Crippen LogP contribution is 2.33. The van der Waals surface area contributed by atoms with E-state index in [1.807, 2.05) is 20.8 Å². The van der Waals surface area contributed by atoms with Gasteiger partial charge in [-0.15, -0.1) is 0 Å². The molecule has 0 rings (SSSR count). The molecule has 13 heteroatoms. The maximum atomic E-state index is 13.4. The third-order valence-electron chi connectivity index (χ3n) is 13.7. The summed E-state index contributed by atoms with van der Waals surface area (Å²) in [5.41, 5.74) is -0.841. The number of esters is 6. The largest absolute Gasteiger partial charge is 0.466 e. The summed E-state index contributed by atoms with van der Waals surface area (Å²) in [6.07, 6.45) is 26.2. The molecule has 0 aliphatic carbocycles. The first kappa shape index (κ1) is 67.5. The number of unbranched alkanes of at least 4 members (excludes halogenated alkanes) is 20. The van der Waals surface area contributed by atoms with E-state index in [0.717, 1.165) is 128 Å². The van der Waals surface area contributed by atoms with E-state index >= 15 is 0 Å². The molecule has 0 aromatic heterocycles. The molecule has 414 valence electrons. The first-order valence-electron chi connectivity index (χ1n) is 28.5. The Kier molecular flexibility index (Phi) is 42.9. The number of carbonyl (C=O) groups is 7. The van der Waals surface area contributed by atoms with Crippen molar-refractivity contribution in [3.05, 3.63) is 0 Å². The van der Waals surface area contributed by atoms with Gasteiger partial charge in [0, 0.05) is 36.0 Å². The molecule has 0 amide bonds. The van der Waals surface area contributed by atoms with Crippen molar-refractivity contribution >= 4 is 41.6 Å². The summed E-state index contributed by atoms with van der Waals surface area (Å²) in [6.45, 7) is 16.2. The molecular weight excluding hydrogens is 905 g/mol. The number of carbonyl (C=O) groups excluding carboxylic acids is 7. The molecule has 0 aromatic rings. The summed E-state index contributed by atoms with van der Waals surface area (Å²) >= 11 is 0. The van der Waals surface area contributed by atoms with Gasteiger partial charge < -0.3 is 28.4 Å². The second-order valence-electron chi connectivity index (χ2n) is 20.9. The van der Waals surface area contributed by atoms with Crippen LogP contribution in [0.3, 0.4) is 0 Å². The Morgan fingerprint density at radius 1 is 0.366 bits per heavy atom. The van der Waals surface area contributed by atoms with E-state index in [0.29, 0.717) is 26.1 Å². The van der Waals surface area contributed by atoms with Crippen LogP contribution in [0.2, 0.25) is 0 Å². The number of ketones is 1. The van der Waals surface area contributed by atoms with E-state index < -0.39 is 41.1 Å². The van der Waals surface area contributed by atoms with E-state index in [4.69, 9.17) is 28.4 Å². The van der Waals surface area contributed by atoms with Crippen LogP contribution in [0, 0.1) is 29.1 Å². The lowest BCUT2D eigenvalue weighted by Gasteiger charge is -2.32. The Hall–Kier alpha value is -3.51. The highest BCUT2D eigenvalue weighted by Gasteiger charge is 2.35. The van der Waals surface area contributed by atoms with Crippen LogP contribution in [0.15, 0.2) is 0 Å². The van der Waals surface area contributed by atoms with Crippen LogP contribution in [-0.4, -0.2) is 81.2 Å². The minimum Gasteiger partial charge on any atom is -0.466 e. The van der Waals surface area contributed by atoms with Crippen molar-refractivity contribution in [3.8, 4) is 0 Å². The topological polar surface area (TPSA) is 175 Å². The van der Waals surface area contributed by atoms with Gasteiger partial charge in [-0.25, -0.2) is 0 Å². The molecule has 0 bridgehead atoms. The van der Waals surface area contributed by atoms with Gasteiger partial charge in [-0.2, -0.15) is 0 Å². The van der Waals surface area contributed by atoms with Crippen LogP contribution in [0.4, 0.5) is 0 Å². The zero-order chi connectivity index (χ0) is 53.0. The Morgan fingerprint density at radius 2 is 0.676 bits per heavy atom. The van der Waals surface area contributed by atoms with Crippen LogP contribution in [0.1, 0.15) is 261 Å². The quantitative estimate of drug-likeness (QED) is 0.0320. The molecule has 0 aliphatic rings. The standard InChI is InChI=1S/C58H104O13/c1-9-13-17-21-25-29-33-52(60)69-44-49(39-54(62)66-37-31-27-23-19-15-11-3)41-56(64)68-43-47(5)35-36-51(58(7,8)48(6)59)46-71-57(65)42-50(40-55(63)67-38-32-28-24-20-16-12-4)45-70-53(61)34-30-26-22-18-14-10-2/h47,49-51H,9-46H2,1-8H3. The summed E-state index contributed by atoms with van der Waals surface area (Å²) in [6, 6.07) is 0. The van der Waals surface area contributed by atoms with Crippen molar-refractivity contribution in [3.63, 3.8) is 0 Å². The van der Waals surface area contributed by atoms with E-state index in [1.165, 1.54) is 32.6 Å². The molecule has 0 fully saturated rings. The van der Waals surface area contributed by atoms with E-state index in [-0.39, 0.29) is 94.5 Å². The molecule has 0 heterocycles. The maximum Gasteiger partial charge on any atom is 0.306 e. The van der Waals surface area contributed by atoms with Crippen LogP contribution >= 0.6 is 0 Å². The van der Waals surface area contributed by atoms with Gasteiger partial charge in [0.25, 0.3) is 0 Å². The molecule has 4 unspecified atom stereocenters. The van der Waals surface area contributed by atoms with Gasteiger partial charge in [-0.1, -0.05) is 177 Å². The highest BCUT2D eigenvalue weighted by molar-refractivity contribution is 5.82. The zero-order valence-corrected chi connectivity index (χ0v) is 46.5. The maximum absolute atomic E-state index is 13.4. The number of ether oxygens (including phenoxy) is 6. The summed E-state index contributed by atoms with van der Waals surface area (Å²) in [5.74, 6) is -4.44. The highest BCUT2D eigenvalue weighted by atomic mass is 16.6. The first-order chi connectivity index (χ1) is 34.1. The smallest absolute Gasteiger partial charge is 0.306 e. The van der Waals surface area contributed by atoms with Crippen molar-refractivity contribution in [2.24, 2.45) is 29.1 Å². The predicted molar refractivity (Wildman–Crippen MR) is 280 cm³/mol. The van der Waals surface area contributed by atoms with Gasteiger partial charge >= 0.3 is 35.8 Å². The van der Waals surface area contributed by atoms with Gasteiger partial charge in [0.05, 0.1) is 65.3 Å². The molecule has 0 aromatic carbocycles. The monoisotopic (exact) mass is 1010 g/mol. The van der Waals surface area contributed by atoms with Crippen LogP contribution in [-0.2, 0) is 62.0 Å². The second-order valence-corrected chi connectivity index (χ2v) is 20.9. The van der Waals surface area contributed by atoms with E-state index in [1.54, 1.807) is 0 Å². The molecule has 0 saturated heterocycles. The fraction of sp³-hybridized carbons (Fsp3) is 0.879. The van der Waals surface area contributed by atoms with Crippen molar-refractivity contribution in [2.45, 2.75) is 261 Å². The van der Waals surface area contributed by atoms with Crippen LogP contribution in [0.5, 0.6) is 0 Å². The Bertz CT molecular complexity index is 1410. The summed E-state index contributed by atoms with van der Waals surface area (Å²) in [7, 11) is 0. The fourth-order valence-corrected chi connectivity index (χ4v) is 8.30. The lowest BCUT2D eigenvalue weighted by atomic mass is 9.73. The van der Waals surface area contributed by atoms with Gasteiger partial charge in [-0.05, 0) is 51.4 Å². The average Bonchev–Trinajstić information content (AvgIpc) is 3.33. The molecule has 0 N–H and O–H groups in total. The van der Waals surface area contributed by atoms with Gasteiger partial charge in [-0.3, -0.25) is 33.6 Å². The van der Waals surface area contributed by atoms with Crippen molar-refractivity contribution < 1.29 is 62.0 Å². The van der Waals surface area contributed by atoms with Crippen molar-refractivity contribution in [2.75, 3.05) is 39.6 Å². The lowest BCUT2D eigenvalue weighted by Crippen LogP contribution is -2.35. The van der Waals surface area contributed by atoms with E-state index in [2.05, 4.69) is 27.7 Å². The minimum absolute atomic E-state index is 0.0425. The van der Waals surface area contributed by atoms with Crippen molar-refractivity contribution in [1.29, 1.82) is 0 Å². The third kappa shape index (κ3) is 39.7. The van der Waals surface area contributed by atoms with Gasteiger partial charge in [0.15, 0.2) is 0 Å². The van der Waals surface area contributed by atoms with Crippen LogP contribution < -0.4 is 0 Å². The molecule has 4 atom stereocenters. The first-order valence-corrected chi connectivity index (χ1v) is 28.5. The molecule has 0 spiro atoms. The van der Waals surface area contributed by atoms with Gasteiger partial charge in [0.2, 0.25) is 0 Å².